The lowest BCUT2D eigenvalue weighted by atomic mass is 10.1. The van der Waals surface area contributed by atoms with Gasteiger partial charge >= 0.3 is 0 Å². The zero-order chi connectivity index (χ0) is 11.8. The van der Waals surface area contributed by atoms with E-state index in [2.05, 4.69) is 5.32 Å². The molecular weight excluding hydrogens is 220 g/mol. The van der Waals surface area contributed by atoms with Crippen molar-refractivity contribution in [3.63, 3.8) is 0 Å². The van der Waals surface area contributed by atoms with Crippen LogP contribution < -0.4 is 5.32 Å². The molecule has 1 atom stereocenters. The van der Waals surface area contributed by atoms with Crippen LogP contribution in [-0.4, -0.2) is 29.3 Å². The van der Waals surface area contributed by atoms with Gasteiger partial charge in [-0.3, -0.25) is 9.59 Å². The first kappa shape index (κ1) is 10.4. The minimum Gasteiger partial charge on any atom is -0.472 e. The Hall–Kier alpha value is -1.78. The van der Waals surface area contributed by atoms with E-state index >= 15 is 0 Å². The van der Waals surface area contributed by atoms with Gasteiger partial charge in [0.25, 0.3) is 0 Å². The molecular formula is C12H14N2O3. The third-order valence-electron chi connectivity index (χ3n) is 3.28. The predicted octanol–water partition coefficient (Wildman–Crippen LogP) is 0.517. The summed E-state index contributed by atoms with van der Waals surface area (Å²) >= 11 is 0. The Labute approximate surface area is 98.8 Å². The lowest BCUT2D eigenvalue weighted by Gasteiger charge is -2.32. The number of amides is 2. The van der Waals surface area contributed by atoms with Gasteiger partial charge in [0.1, 0.15) is 6.04 Å². The maximum absolute atomic E-state index is 12.2. The van der Waals surface area contributed by atoms with E-state index < -0.39 is 0 Å². The fourth-order valence-electron chi connectivity index (χ4n) is 2.21. The summed E-state index contributed by atoms with van der Waals surface area (Å²) in [5.74, 6) is 0.317. The third kappa shape index (κ3) is 2.05. The molecule has 1 aliphatic carbocycles. The molecule has 1 saturated heterocycles. The Balaban J connectivity index is 1.73. The van der Waals surface area contributed by atoms with Crippen molar-refractivity contribution in [3.05, 3.63) is 24.2 Å². The monoisotopic (exact) mass is 234 g/mol. The van der Waals surface area contributed by atoms with Crippen molar-refractivity contribution in [1.29, 1.82) is 0 Å². The molecule has 1 saturated carbocycles. The highest BCUT2D eigenvalue weighted by molar-refractivity contribution is 5.95. The molecule has 2 heterocycles. The standard InChI is InChI=1S/C12H14N2O3/c15-10-6-14(5-8-3-4-17-7-8)12(16)11(13-10)9-1-2-9/h3-4,7,9,11H,1-2,5-6H2,(H,13,15). The van der Waals surface area contributed by atoms with Crippen LogP contribution in [0.1, 0.15) is 18.4 Å². The van der Waals surface area contributed by atoms with E-state index in [4.69, 9.17) is 4.42 Å². The maximum atomic E-state index is 12.2. The lowest BCUT2D eigenvalue weighted by Crippen LogP contribution is -2.58. The first-order valence-electron chi connectivity index (χ1n) is 5.83. The summed E-state index contributed by atoms with van der Waals surface area (Å²) in [5, 5.41) is 2.78. The van der Waals surface area contributed by atoms with Crippen molar-refractivity contribution in [1.82, 2.24) is 10.2 Å². The fraction of sp³-hybridized carbons (Fsp3) is 0.500. The number of furan rings is 1. The van der Waals surface area contributed by atoms with Crippen molar-refractivity contribution in [2.75, 3.05) is 6.54 Å². The fourth-order valence-corrected chi connectivity index (χ4v) is 2.21. The Morgan fingerprint density at radius 2 is 2.24 bits per heavy atom. The first-order chi connectivity index (χ1) is 8.24. The molecule has 0 spiro atoms. The molecule has 1 N–H and O–H groups in total. The summed E-state index contributed by atoms with van der Waals surface area (Å²) < 4.78 is 4.97. The number of carbonyl (C=O) groups excluding carboxylic acids is 2. The molecule has 2 amide bonds. The smallest absolute Gasteiger partial charge is 0.246 e. The van der Waals surface area contributed by atoms with Crippen LogP contribution in [0.2, 0.25) is 0 Å². The van der Waals surface area contributed by atoms with Gasteiger partial charge in [-0.15, -0.1) is 0 Å². The Morgan fingerprint density at radius 1 is 1.41 bits per heavy atom. The highest BCUT2D eigenvalue weighted by Crippen LogP contribution is 2.34. The molecule has 5 nitrogen and oxygen atoms in total. The van der Waals surface area contributed by atoms with Gasteiger partial charge in [0.15, 0.2) is 0 Å². The number of piperazine rings is 1. The van der Waals surface area contributed by atoms with E-state index in [0.29, 0.717) is 12.5 Å². The number of hydrogen-bond acceptors (Lipinski definition) is 3. The van der Waals surface area contributed by atoms with Gasteiger partial charge in [-0.1, -0.05) is 0 Å². The summed E-state index contributed by atoms with van der Waals surface area (Å²) in [6.45, 7) is 0.596. The number of nitrogens with one attached hydrogen (secondary N) is 1. The molecule has 0 bridgehead atoms. The molecule has 1 aromatic rings. The van der Waals surface area contributed by atoms with Crippen LogP contribution in [0.15, 0.2) is 23.0 Å². The van der Waals surface area contributed by atoms with Gasteiger partial charge in [0.2, 0.25) is 11.8 Å². The molecule has 1 unspecified atom stereocenters. The molecule has 1 aliphatic heterocycles. The average Bonchev–Trinajstić information content (AvgIpc) is 3.02. The van der Waals surface area contributed by atoms with E-state index in [0.717, 1.165) is 18.4 Å². The predicted molar refractivity (Wildman–Crippen MR) is 58.8 cm³/mol. The van der Waals surface area contributed by atoms with Crippen molar-refractivity contribution >= 4 is 11.8 Å². The van der Waals surface area contributed by atoms with Gasteiger partial charge < -0.3 is 14.6 Å². The van der Waals surface area contributed by atoms with Crippen molar-refractivity contribution < 1.29 is 14.0 Å². The van der Waals surface area contributed by atoms with E-state index in [-0.39, 0.29) is 24.4 Å². The van der Waals surface area contributed by atoms with Gasteiger partial charge in [-0.25, -0.2) is 0 Å². The van der Waals surface area contributed by atoms with Crippen LogP contribution in [0.25, 0.3) is 0 Å². The zero-order valence-corrected chi connectivity index (χ0v) is 9.39. The summed E-state index contributed by atoms with van der Waals surface area (Å²) in [7, 11) is 0. The lowest BCUT2D eigenvalue weighted by molar-refractivity contribution is -0.145. The summed E-state index contributed by atoms with van der Waals surface area (Å²) in [4.78, 5) is 25.3. The second-order valence-corrected chi connectivity index (χ2v) is 4.71. The second kappa shape index (κ2) is 3.91. The molecule has 2 aliphatic rings. The summed E-state index contributed by atoms with van der Waals surface area (Å²) in [6, 6.07) is 1.51. The Kier molecular flexibility index (Phi) is 2.39. The van der Waals surface area contributed by atoms with E-state index in [1.54, 1.807) is 17.4 Å². The normalized spacial score (nSPS) is 24.9. The number of nitrogens with zero attached hydrogens (tertiary/aromatic N) is 1. The summed E-state index contributed by atoms with van der Waals surface area (Å²) in [6.07, 6.45) is 5.25. The topological polar surface area (TPSA) is 62.6 Å². The minimum absolute atomic E-state index is 0.0355. The van der Waals surface area contributed by atoms with Crippen molar-refractivity contribution in [3.8, 4) is 0 Å². The average molecular weight is 234 g/mol. The van der Waals surface area contributed by atoms with Crippen LogP contribution in [-0.2, 0) is 16.1 Å². The molecule has 0 aromatic carbocycles. The molecule has 1 aromatic heterocycles. The quantitative estimate of drug-likeness (QED) is 0.829. The van der Waals surface area contributed by atoms with E-state index in [9.17, 15) is 9.59 Å². The number of rotatable bonds is 3. The van der Waals surface area contributed by atoms with Crippen molar-refractivity contribution in [2.24, 2.45) is 5.92 Å². The molecule has 0 radical (unpaired) electrons. The zero-order valence-electron chi connectivity index (χ0n) is 9.39. The second-order valence-electron chi connectivity index (χ2n) is 4.71. The number of hydrogen-bond donors (Lipinski definition) is 1. The van der Waals surface area contributed by atoms with Gasteiger partial charge in [-0.05, 0) is 24.8 Å². The minimum atomic E-state index is -0.303. The van der Waals surface area contributed by atoms with Crippen LogP contribution in [0.3, 0.4) is 0 Å². The molecule has 2 fully saturated rings. The SMILES string of the molecule is O=C1CN(Cc2ccoc2)C(=O)C(C2CC2)N1. The summed E-state index contributed by atoms with van der Waals surface area (Å²) in [5.41, 5.74) is 0.919. The maximum Gasteiger partial charge on any atom is 0.246 e. The van der Waals surface area contributed by atoms with Gasteiger partial charge in [0.05, 0.1) is 19.1 Å². The molecule has 5 heteroatoms. The Bertz CT molecular complexity index is 437. The van der Waals surface area contributed by atoms with Gasteiger partial charge in [0, 0.05) is 12.1 Å². The van der Waals surface area contributed by atoms with Crippen LogP contribution >= 0.6 is 0 Å². The largest absolute Gasteiger partial charge is 0.472 e. The Morgan fingerprint density at radius 3 is 2.88 bits per heavy atom. The van der Waals surface area contributed by atoms with E-state index in [1.807, 2.05) is 6.07 Å². The van der Waals surface area contributed by atoms with Crippen LogP contribution in [0, 0.1) is 5.92 Å². The number of carbonyl (C=O) groups is 2. The molecule has 3 rings (SSSR count). The van der Waals surface area contributed by atoms with Crippen LogP contribution in [0.4, 0.5) is 0 Å². The van der Waals surface area contributed by atoms with E-state index in [1.165, 1.54) is 0 Å². The van der Waals surface area contributed by atoms with Gasteiger partial charge in [-0.2, -0.15) is 0 Å². The van der Waals surface area contributed by atoms with Crippen LogP contribution in [0.5, 0.6) is 0 Å². The molecule has 17 heavy (non-hydrogen) atoms. The third-order valence-corrected chi connectivity index (χ3v) is 3.28. The highest BCUT2D eigenvalue weighted by Gasteiger charge is 2.42. The molecule has 90 valence electrons. The first-order valence-corrected chi connectivity index (χ1v) is 5.83. The van der Waals surface area contributed by atoms with Crippen molar-refractivity contribution in [2.45, 2.75) is 25.4 Å². The highest BCUT2D eigenvalue weighted by atomic mass is 16.3.